The minimum Gasteiger partial charge on any atom is -0.374 e. The second kappa shape index (κ2) is 11.0. The quantitative estimate of drug-likeness (QED) is 0.421. The Morgan fingerprint density at radius 3 is 2.42 bits per heavy atom. The van der Waals surface area contributed by atoms with Gasteiger partial charge in [0, 0.05) is 23.5 Å². The summed E-state index contributed by atoms with van der Waals surface area (Å²) in [4.78, 5) is 2.13. The van der Waals surface area contributed by atoms with Crippen molar-refractivity contribution in [3.63, 3.8) is 0 Å². The van der Waals surface area contributed by atoms with Crippen molar-refractivity contribution < 1.29 is 10.1 Å². The number of hydrogen-bond acceptors (Lipinski definition) is 4. The first-order chi connectivity index (χ1) is 11.6. The Morgan fingerprint density at radius 2 is 1.83 bits per heavy atom. The van der Waals surface area contributed by atoms with Gasteiger partial charge >= 0.3 is 0 Å². The third-order valence-corrected chi connectivity index (χ3v) is 3.53. The zero-order chi connectivity index (χ0) is 17.8. The fourth-order valence-electron chi connectivity index (χ4n) is 2.34. The van der Waals surface area contributed by atoms with Gasteiger partial charge in [-0.15, -0.1) is 0 Å². The lowest BCUT2D eigenvalue weighted by Gasteiger charge is -2.29. The molecule has 1 heterocycles. The van der Waals surface area contributed by atoms with Crippen LogP contribution < -0.4 is 5.32 Å². The van der Waals surface area contributed by atoms with Crippen LogP contribution in [-0.2, 0) is 4.74 Å². The van der Waals surface area contributed by atoms with Crippen LogP contribution in [-0.4, -0.2) is 31.2 Å². The Labute approximate surface area is 144 Å². The Morgan fingerprint density at radius 1 is 1.17 bits per heavy atom. The molecule has 5 nitrogen and oxygen atoms in total. The smallest absolute Gasteiger partial charge is 0.137 e. The van der Waals surface area contributed by atoms with E-state index in [1.54, 1.807) is 0 Å². The van der Waals surface area contributed by atoms with Crippen LogP contribution >= 0.6 is 0 Å². The lowest BCUT2D eigenvalue weighted by atomic mass is 10.0. The third-order valence-electron chi connectivity index (χ3n) is 3.53. The predicted octanol–water partition coefficient (Wildman–Crippen LogP) is 2.12. The van der Waals surface area contributed by atoms with Crippen LogP contribution in [0.25, 0.3) is 0 Å². The van der Waals surface area contributed by atoms with E-state index in [0.29, 0.717) is 18.8 Å². The largest absolute Gasteiger partial charge is 0.374 e. The highest BCUT2D eigenvalue weighted by Gasteiger charge is 2.15. The molecule has 0 aliphatic carbocycles. The van der Waals surface area contributed by atoms with Crippen LogP contribution in [0.1, 0.15) is 20.8 Å². The van der Waals surface area contributed by atoms with Gasteiger partial charge in [-0.05, 0) is 39.0 Å². The SMILES string of the molecule is C/C=C\C=C/[NH2+]CCOCCN1C(C)=CC(=C(C#N)C#N)C=C1C. The molecule has 2 N–H and O–H groups in total. The highest BCUT2D eigenvalue weighted by atomic mass is 16.5. The molecule has 126 valence electrons. The Balaban J connectivity index is 2.42. The van der Waals surface area contributed by atoms with Crippen LogP contribution in [0.4, 0.5) is 0 Å². The molecule has 0 fully saturated rings. The molecule has 0 saturated heterocycles. The fraction of sp³-hybridized carbons (Fsp3) is 0.368. The van der Waals surface area contributed by atoms with Crippen molar-refractivity contribution in [3.8, 4) is 12.1 Å². The highest BCUT2D eigenvalue weighted by molar-refractivity contribution is 5.53. The van der Waals surface area contributed by atoms with Gasteiger partial charge < -0.3 is 15.0 Å². The molecular formula is C19H25N4O+. The van der Waals surface area contributed by atoms with E-state index < -0.39 is 0 Å². The van der Waals surface area contributed by atoms with Crippen LogP contribution in [0.15, 0.2) is 59.1 Å². The molecule has 0 aromatic rings. The summed E-state index contributed by atoms with van der Waals surface area (Å²) in [5, 5.41) is 20.0. The maximum atomic E-state index is 8.97. The average Bonchev–Trinajstić information content (AvgIpc) is 2.56. The zero-order valence-electron chi connectivity index (χ0n) is 14.6. The fourth-order valence-corrected chi connectivity index (χ4v) is 2.34. The highest BCUT2D eigenvalue weighted by Crippen LogP contribution is 2.23. The molecule has 5 heteroatoms. The van der Waals surface area contributed by atoms with E-state index >= 15 is 0 Å². The summed E-state index contributed by atoms with van der Waals surface area (Å²) in [7, 11) is 0. The van der Waals surface area contributed by atoms with Gasteiger partial charge in [0.15, 0.2) is 0 Å². The summed E-state index contributed by atoms with van der Waals surface area (Å²) in [6, 6.07) is 3.87. The van der Waals surface area contributed by atoms with E-state index in [0.717, 1.165) is 24.5 Å². The van der Waals surface area contributed by atoms with Crippen molar-refractivity contribution >= 4 is 0 Å². The van der Waals surface area contributed by atoms with E-state index in [-0.39, 0.29) is 5.57 Å². The molecule has 0 saturated carbocycles. The second-order valence-corrected chi connectivity index (χ2v) is 5.32. The molecule has 0 unspecified atom stereocenters. The average molecular weight is 325 g/mol. The molecule has 1 aliphatic rings. The van der Waals surface area contributed by atoms with Crippen molar-refractivity contribution in [1.82, 2.24) is 4.90 Å². The summed E-state index contributed by atoms with van der Waals surface area (Å²) in [6.07, 6.45) is 11.7. The van der Waals surface area contributed by atoms with E-state index in [9.17, 15) is 0 Å². The standard InChI is InChI=1S/C19H24N4O/c1-4-5-6-7-22-8-10-24-11-9-23-16(2)12-18(13-17(23)3)19(14-20)15-21/h4-7,12-13,22H,8-11H2,1-3H3/p+1/b5-4-,7-6-. The lowest BCUT2D eigenvalue weighted by Crippen LogP contribution is -2.79. The van der Waals surface area contributed by atoms with Crippen LogP contribution in [0.3, 0.4) is 0 Å². The lowest BCUT2D eigenvalue weighted by molar-refractivity contribution is -0.589. The van der Waals surface area contributed by atoms with Gasteiger partial charge in [0.1, 0.15) is 24.3 Å². The van der Waals surface area contributed by atoms with Crippen molar-refractivity contribution in [1.29, 1.82) is 10.5 Å². The zero-order valence-corrected chi connectivity index (χ0v) is 14.6. The minimum absolute atomic E-state index is 0.145. The normalized spacial score (nSPS) is 14.5. The molecule has 0 amide bonds. The number of allylic oxidation sites excluding steroid dienone is 9. The summed E-state index contributed by atoms with van der Waals surface area (Å²) < 4.78 is 5.66. The molecule has 0 aromatic heterocycles. The third kappa shape index (κ3) is 6.26. The second-order valence-electron chi connectivity index (χ2n) is 5.32. The van der Waals surface area contributed by atoms with E-state index in [4.69, 9.17) is 15.3 Å². The Bertz CT molecular complexity index is 616. The first kappa shape index (κ1) is 19.4. The number of nitrogens with two attached hydrogens (primary N) is 1. The molecule has 0 aromatic carbocycles. The molecule has 0 radical (unpaired) electrons. The maximum Gasteiger partial charge on any atom is 0.137 e. The van der Waals surface area contributed by atoms with Gasteiger partial charge in [-0.25, -0.2) is 0 Å². The molecule has 1 aliphatic heterocycles. The van der Waals surface area contributed by atoms with Crippen molar-refractivity contribution in [2.75, 3.05) is 26.3 Å². The van der Waals surface area contributed by atoms with Crippen molar-refractivity contribution in [3.05, 3.63) is 59.1 Å². The van der Waals surface area contributed by atoms with E-state index in [2.05, 4.69) is 10.2 Å². The van der Waals surface area contributed by atoms with Gasteiger partial charge in [-0.1, -0.05) is 12.2 Å². The van der Waals surface area contributed by atoms with Gasteiger partial charge in [0.05, 0.1) is 19.4 Å². The summed E-state index contributed by atoms with van der Waals surface area (Å²) >= 11 is 0. The van der Waals surface area contributed by atoms with Gasteiger partial charge in [0.25, 0.3) is 0 Å². The Hall–Kier alpha value is -2.60. The van der Waals surface area contributed by atoms with E-state index in [1.807, 2.05) is 69.5 Å². The topological polar surface area (TPSA) is 76.7 Å². The molecule has 0 atom stereocenters. The van der Waals surface area contributed by atoms with Gasteiger partial charge in [-0.3, -0.25) is 0 Å². The van der Waals surface area contributed by atoms with Crippen molar-refractivity contribution in [2.45, 2.75) is 20.8 Å². The number of nitrogens with zero attached hydrogens (tertiary/aromatic N) is 3. The minimum atomic E-state index is 0.145. The number of quaternary nitrogens is 1. The molecule has 0 spiro atoms. The first-order valence-electron chi connectivity index (χ1n) is 8.01. The van der Waals surface area contributed by atoms with E-state index in [1.165, 1.54) is 0 Å². The Kier molecular flexibility index (Phi) is 8.93. The number of hydrogen-bond donors (Lipinski definition) is 1. The predicted molar refractivity (Wildman–Crippen MR) is 94.0 cm³/mol. The summed E-state index contributed by atoms with van der Waals surface area (Å²) in [5.74, 6) is 0. The van der Waals surface area contributed by atoms with Gasteiger partial charge in [0.2, 0.25) is 0 Å². The van der Waals surface area contributed by atoms with Crippen LogP contribution in [0, 0.1) is 22.7 Å². The number of ether oxygens (including phenoxy) is 1. The molecule has 0 bridgehead atoms. The maximum absolute atomic E-state index is 8.97. The summed E-state index contributed by atoms with van der Waals surface area (Å²) in [6.45, 7) is 8.90. The van der Waals surface area contributed by atoms with Crippen molar-refractivity contribution in [2.24, 2.45) is 0 Å². The number of rotatable bonds is 8. The molecular weight excluding hydrogens is 300 g/mol. The summed E-state index contributed by atoms with van der Waals surface area (Å²) in [5.41, 5.74) is 2.84. The molecule has 24 heavy (non-hydrogen) atoms. The first-order valence-corrected chi connectivity index (χ1v) is 8.01. The number of nitriles is 2. The molecule has 1 rings (SSSR count). The van der Waals surface area contributed by atoms with Crippen LogP contribution in [0.5, 0.6) is 0 Å². The van der Waals surface area contributed by atoms with Crippen LogP contribution in [0.2, 0.25) is 0 Å². The van der Waals surface area contributed by atoms with Gasteiger partial charge in [-0.2, -0.15) is 10.5 Å². The monoisotopic (exact) mass is 325 g/mol.